The van der Waals surface area contributed by atoms with Crippen molar-refractivity contribution in [2.75, 3.05) is 34.4 Å². The molecule has 5 nitrogen and oxygen atoms in total. The first-order valence-corrected chi connectivity index (χ1v) is 7.85. The first-order chi connectivity index (χ1) is 11.6. The molecule has 128 valence electrons. The summed E-state index contributed by atoms with van der Waals surface area (Å²) in [6.45, 7) is 0.517. The molecule has 1 amide bonds. The Kier molecular flexibility index (Phi) is 6.63. The standard InChI is InChI=1S/C19H24N2O3/c1-21(2)18(15-7-5-4-6-8-15)13-20-19(22)14-24-17-11-9-16(23-3)10-12-17/h4-12,18H,13-14H2,1-3H3,(H,20,22). The lowest BCUT2D eigenvalue weighted by atomic mass is 10.1. The van der Waals surface area contributed by atoms with Crippen LogP contribution in [0.25, 0.3) is 0 Å². The summed E-state index contributed by atoms with van der Waals surface area (Å²) in [6.07, 6.45) is 0. The third-order valence-corrected chi connectivity index (χ3v) is 3.73. The Morgan fingerprint density at radius 3 is 2.25 bits per heavy atom. The number of amides is 1. The molecule has 0 aromatic heterocycles. The number of benzene rings is 2. The SMILES string of the molecule is COc1ccc(OCC(=O)NCC(c2ccccc2)N(C)C)cc1. The molecule has 2 rings (SSSR count). The maximum atomic E-state index is 12.0. The quantitative estimate of drug-likeness (QED) is 0.809. The highest BCUT2D eigenvalue weighted by Crippen LogP contribution is 2.18. The number of likely N-dealkylation sites (N-methyl/N-ethyl adjacent to an activating group) is 1. The van der Waals surface area contributed by atoms with E-state index in [4.69, 9.17) is 9.47 Å². The fraction of sp³-hybridized carbons (Fsp3) is 0.316. The van der Waals surface area contributed by atoms with Crippen molar-refractivity contribution < 1.29 is 14.3 Å². The van der Waals surface area contributed by atoms with Crippen LogP contribution in [0.3, 0.4) is 0 Å². The summed E-state index contributed by atoms with van der Waals surface area (Å²) in [5.41, 5.74) is 1.17. The zero-order valence-corrected chi connectivity index (χ0v) is 14.4. The van der Waals surface area contributed by atoms with Gasteiger partial charge in [-0.25, -0.2) is 0 Å². The van der Waals surface area contributed by atoms with Crippen molar-refractivity contribution in [3.63, 3.8) is 0 Å². The van der Waals surface area contributed by atoms with E-state index in [1.807, 2.05) is 32.3 Å². The van der Waals surface area contributed by atoms with Gasteiger partial charge in [0.25, 0.3) is 5.91 Å². The van der Waals surface area contributed by atoms with Gasteiger partial charge in [-0.2, -0.15) is 0 Å². The van der Waals surface area contributed by atoms with Crippen LogP contribution in [0.5, 0.6) is 11.5 Å². The Balaban J connectivity index is 1.82. The van der Waals surface area contributed by atoms with Gasteiger partial charge < -0.3 is 19.7 Å². The monoisotopic (exact) mass is 328 g/mol. The predicted octanol–water partition coefficient (Wildman–Crippen LogP) is 2.49. The van der Waals surface area contributed by atoms with Gasteiger partial charge in [0, 0.05) is 6.54 Å². The van der Waals surface area contributed by atoms with Gasteiger partial charge in [-0.15, -0.1) is 0 Å². The molecular formula is C19H24N2O3. The molecule has 0 bridgehead atoms. The van der Waals surface area contributed by atoms with E-state index in [9.17, 15) is 4.79 Å². The predicted molar refractivity (Wildman–Crippen MR) is 94.4 cm³/mol. The van der Waals surface area contributed by atoms with Gasteiger partial charge in [-0.1, -0.05) is 30.3 Å². The molecule has 5 heteroatoms. The van der Waals surface area contributed by atoms with Gasteiger partial charge in [0.2, 0.25) is 0 Å². The van der Waals surface area contributed by atoms with Gasteiger partial charge in [0.1, 0.15) is 11.5 Å². The highest BCUT2D eigenvalue weighted by molar-refractivity contribution is 5.77. The molecule has 0 aliphatic rings. The van der Waals surface area contributed by atoms with Crippen LogP contribution >= 0.6 is 0 Å². The molecule has 0 heterocycles. The Morgan fingerprint density at radius 2 is 1.67 bits per heavy atom. The maximum Gasteiger partial charge on any atom is 0.258 e. The van der Waals surface area contributed by atoms with Crippen molar-refractivity contribution >= 4 is 5.91 Å². The number of hydrogen-bond acceptors (Lipinski definition) is 4. The Bertz CT molecular complexity index is 627. The zero-order chi connectivity index (χ0) is 17.4. The maximum absolute atomic E-state index is 12.0. The number of carbonyl (C=O) groups excluding carboxylic acids is 1. The van der Waals surface area contributed by atoms with Crippen molar-refractivity contribution in [3.8, 4) is 11.5 Å². The van der Waals surface area contributed by atoms with Gasteiger partial charge in [0.15, 0.2) is 6.61 Å². The van der Waals surface area contributed by atoms with Gasteiger partial charge in [-0.05, 0) is 43.9 Å². The second-order valence-corrected chi connectivity index (χ2v) is 5.66. The van der Waals surface area contributed by atoms with E-state index in [2.05, 4.69) is 22.3 Å². The first kappa shape index (κ1) is 17.8. The van der Waals surface area contributed by atoms with Crippen LogP contribution < -0.4 is 14.8 Å². The molecule has 0 fully saturated rings. The van der Waals surface area contributed by atoms with E-state index >= 15 is 0 Å². The van der Waals surface area contributed by atoms with E-state index in [1.165, 1.54) is 5.56 Å². The zero-order valence-electron chi connectivity index (χ0n) is 14.4. The fourth-order valence-electron chi connectivity index (χ4n) is 2.36. The lowest BCUT2D eigenvalue weighted by Crippen LogP contribution is -2.36. The molecule has 0 saturated heterocycles. The third kappa shape index (κ3) is 5.28. The molecule has 0 saturated carbocycles. The van der Waals surface area contributed by atoms with Crippen LogP contribution in [0.4, 0.5) is 0 Å². The summed E-state index contributed by atoms with van der Waals surface area (Å²) < 4.78 is 10.6. The average molecular weight is 328 g/mol. The van der Waals surface area contributed by atoms with Crippen LogP contribution in [0.2, 0.25) is 0 Å². The third-order valence-electron chi connectivity index (χ3n) is 3.73. The minimum atomic E-state index is -0.145. The van der Waals surface area contributed by atoms with Crippen molar-refractivity contribution in [2.24, 2.45) is 0 Å². The van der Waals surface area contributed by atoms with Gasteiger partial charge >= 0.3 is 0 Å². The molecule has 24 heavy (non-hydrogen) atoms. The number of carbonyl (C=O) groups is 1. The van der Waals surface area contributed by atoms with Crippen LogP contribution in [0, 0.1) is 0 Å². The number of nitrogens with zero attached hydrogens (tertiary/aromatic N) is 1. The Hall–Kier alpha value is -2.53. The minimum Gasteiger partial charge on any atom is -0.497 e. The van der Waals surface area contributed by atoms with Crippen molar-refractivity contribution in [1.82, 2.24) is 10.2 Å². The van der Waals surface area contributed by atoms with E-state index in [1.54, 1.807) is 31.4 Å². The van der Waals surface area contributed by atoms with Crippen molar-refractivity contribution in [3.05, 3.63) is 60.2 Å². The summed E-state index contributed by atoms with van der Waals surface area (Å²) in [5.74, 6) is 1.25. The number of hydrogen-bond donors (Lipinski definition) is 1. The number of methoxy groups -OCH3 is 1. The lowest BCUT2D eigenvalue weighted by molar-refractivity contribution is -0.123. The largest absolute Gasteiger partial charge is 0.497 e. The van der Waals surface area contributed by atoms with Crippen molar-refractivity contribution in [2.45, 2.75) is 6.04 Å². The topological polar surface area (TPSA) is 50.8 Å². The van der Waals surface area contributed by atoms with Crippen molar-refractivity contribution in [1.29, 1.82) is 0 Å². The summed E-state index contributed by atoms with van der Waals surface area (Å²) in [6, 6.07) is 17.4. The smallest absolute Gasteiger partial charge is 0.258 e. The van der Waals surface area contributed by atoms with Crippen LogP contribution in [-0.4, -0.2) is 45.2 Å². The van der Waals surface area contributed by atoms with Gasteiger partial charge in [0.05, 0.1) is 13.2 Å². The summed E-state index contributed by atoms with van der Waals surface area (Å²) in [4.78, 5) is 14.1. The minimum absolute atomic E-state index is 0.0126. The number of ether oxygens (including phenoxy) is 2. The van der Waals surface area contributed by atoms with Crippen LogP contribution in [0.15, 0.2) is 54.6 Å². The second-order valence-electron chi connectivity index (χ2n) is 5.66. The normalized spacial score (nSPS) is 11.8. The Morgan fingerprint density at radius 1 is 1.04 bits per heavy atom. The molecule has 1 atom stereocenters. The summed E-state index contributed by atoms with van der Waals surface area (Å²) in [5, 5.41) is 2.93. The van der Waals surface area contributed by atoms with E-state index in [0.29, 0.717) is 12.3 Å². The average Bonchev–Trinajstić information content (AvgIpc) is 2.61. The molecule has 0 aliphatic carbocycles. The highest BCUT2D eigenvalue weighted by Gasteiger charge is 2.15. The molecule has 0 spiro atoms. The highest BCUT2D eigenvalue weighted by atomic mass is 16.5. The molecule has 0 radical (unpaired) electrons. The second kappa shape index (κ2) is 8.93. The molecular weight excluding hydrogens is 304 g/mol. The van der Waals surface area contributed by atoms with E-state index < -0.39 is 0 Å². The summed E-state index contributed by atoms with van der Waals surface area (Å²) >= 11 is 0. The summed E-state index contributed by atoms with van der Waals surface area (Å²) in [7, 11) is 5.60. The number of rotatable bonds is 8. The van der Waals surface area contributed by atoms with E-state index in [0.717, 1.165) is 5.75 Å². The molecule has 1 unspecified atom stereocenters. The van der Waals surface area contributed by atoms with Crippen LogP contribution in [0.1, 0.15) is 11.6 Å². The Labute approximate surface area is 143 Å². The fourth-order valence-corrected chi connectivity index (χ4v) is 2.36. The first-order valence-electron chi connectivity index (χ1n) is 7.85. The molecule has 0 aliphatic heterocycles. The molecule has 2 aromatic carbocycles. The molecule has 1 N–H and O–H groups in total. The van der Waals surface area contributed by atoms with Gasteiger partial charge in [-0.3, -0.25) is 4.79 Å². The van der Waals surface area contributed by atoms with Crippen LogP contribution in [-0.2, 0) is 4.79 Å². The lowest BCUT2D eigenvalue weighted by Gasteiger charge is -2.25. The number of nitrogens with one attached hydrogen (secondary N) is 1. The van der Waals surface area contributed by atoms with E-state index in [-0.39, 0.29) is 18.6 Å². The molecule has 2 aromatic rings.